The Hall–Kier alpha value is 0.0218. The molecule has 18 heavy (non-hydrogen) atoms. The molecule has 1 atom stereocenters. The van der Waals surface area contributed by atoms with Crippen LogP contribution in [0.1, 0.15) is 45.4 Å². The van der Waals surface area contributed by atoms with Crippen LogP contribution in [0, 0.1) is 5.92 Å². The molecule has 2 saturated heterocycles. The van der Waals surface area contributed by atoms with E-state index in [0.717, 1.165) is 23.9 Å². The summed E-state index contributed by atoms with van der Waals surface area (Å²) in [5, 5.41) is 0. The molecular formula is C16H31BSi. The van der Waals surface area contributed by atoms with Gasteiger partial charge in [-0.05, 0) is 12.8 Å². The number of hydrogen-bond donors (Lipinski definition) is 0. The van der Waals surface area contributed by atoms with E-state index in [0.29, 0.717) is 0 Å². The molecular weight excluding hydrogens is 231 g/mol. The van der Waals surface area contributed by atoms with Gasteiger partial charge in [0.2, 0.25) is 0 Å². The molecule has 102 valence electrons. The van der Waals surface area contributed by atoms with Gasteiger partial charge in [-0.25, -0.2) is 0 Å². The van der Waals surface area contributed by atoms with Gasteiger partial charge in [0, 0.05) is 8.07 Å². The van der Waals surface area contributed by atoms with Crippen LogP contribution in [0.5, 0.6) is 0 Å². The largest absolute Gasteiger partial charge is 0.148 e. The topological polar surface area (TPSA) is 0 Å². The third-order valence-electron chi connectivity index (χ3n) is 5.46. The second-order valence-electron chi connectivity index (χ2n) is 8.10. The molecule has 0 aromatic rings. The second kappa shape index (κ2) is 5.56. The maximum Gasteiger partial charge on any atom is 0.148 e. The third kappa shape index (κ3) is 3.12. The van der Waals surface area contributed by atoms with E-state index < -0.39 is 8.07 Å². The molecule has 0 N–H and O–H groups in total. The lowest BCUT2D eigenvalue weighted by atomic mass is 9.34. The number of hydrogen-bond acceptors (Lipinski definition) is 0. The molecule has 2 bridgehead atoms. The molecule has 0 spiro atoms. The Kier molecular flexibility index (Phi) is 4.46. The second-order valence-corrected chi connectivity index (χ2v) is 13.5. The SMILES string of the molecule is C=C(C)CB1C2CCCC(CCC2)C1[Si](C)(C)C. The number of allylic oxidation sites excluding steroid dienone is 1. The van der Waals surface area contributed by atoms with E-state index >= 15 is 0 Å². The van der Waals surface area contributed by atoms with Gasteiger partial charge in [-0.1, -0.05) is 81.3 Å². The van der Waals surface area contributed by atoms with Gasteiger partial charge in [0.25, 0.3) is 0 Å². The van der Waals surface area contributed by atoms with Crippen molar-refractivity contribution in [3.05, 3.63) is 12.2 Å². The monoisotopic (exact) mass is 262 g/mol. The van der Waals surface area contributed by atoms with Crippen molar-refractivity contribution in [2.45, 2.75) is 82.7 Å². The average Bonchev–Trinajstić information content (AvgIpc) is 2.42. The van der Waals surface area contributed by atoms with Crippen molar-refractivity contribution in [2.24, 2.45) is 5.92 Å². The Morgan fingerprint density at radius 3 is 2.11 bits per heavy atom. The van der Waals surface area contributed by atoms with Crippen molar-refractivity contribution in [1.29, 1.82) is 0 Å². The normalized spacial score (nSPS) is 33.1. The molecule has 0 aromatic heterocycles. The smallest absolute Gasteiger partial charge is 0.101 e. The summed E-state index contributed by atoms with van der Waals surface area (Å²) >= 11 is 0. The van der Waals surface area contributed by atoms with E-state index in [4.69, 9.17) is 0 Å². The lowest BCUT2D eigenvalue weighted by Crippen LogP contribution is -2.43. The maximum atomic E-state index is 4.23. The summed E-state index contributed by atoms with van der Waals surface area (Å²) in [4.78, 5) is 0. The summed E-state index contributed by atoms with van der Waals surface area (Å²) in [6, 6.07) is 0. The predicted octanol–water partition coefficient (Wildman–Crippen LogP) is 5.66. The molecule has 0 nitrogen and oxygen atoms in total. The fraction of sp³-hybridized carbons (Fsp3) is 0.875. The van der Waals surface area contributed by atoms with Gasteiger partial charge in [-0.3, -0.25) is 0 Å². The van der Waals surface area contributed by atoms with Gasteiger partial charge in [0.05, 0.1) is 0 Å². The van der Waals surface area contributed by atoms with Gasteiger partial charge >= 0.3 is 0 Å². The Morgan fingerprint density at radius 1 is 1.11 bits per heavy atom. The zero-order valence-electron chi connectivity index (χ0n) is 13.0. The Bertz CT molecular complexity index is 295. The van der Waals surface area contributed by atoms with Crippen molar-refractivity contribution in [1.82, 2.24) is 0 Å². The van der Waals surface area contributed by atoms with Crippen molar-refractivity contribution >= 4 is 14.8 Å². The quantitative estimate of drug-likeness (QED) is 0.455. The first-order chi connectivity index (χ1) is 8.39. The molecule has 0 saturated carbocycles. The van der Waals surface area contributed by atoms with Crippen LogP contribution in [0.15, 0.2) is 12.2 Å². The summed E-state index contributed by atoms with van der Waals surface area (Å²) < 4.78 is 0. The Balaban J connectivity index is 2.31. The molecule has 0 radical (unpaired) electrons. The third-order valence-corrected chi connectivity index (χ3v) is 8.36. The van der Waals surface area contributed by atoms with Crippen LogP contribution < -0.4 is 0 Å². The number of fused-ring (bicyclic) bond motifs is 3. The zero-order chi connectivity index (χ0) is 13.3. The first-order valence-electron chi connectivity index (χ1n) is 8.04. The standard InChI is InChI=1S/C16H31BSi/c1-13(2)12-17-15-10-6-8-14(9-7-11-15)16(17)18(3,4)5/h14-16H,1,6-12H2,2-5H3. The molecule has 2 heteroatoms. The highest BCUT2D eigenvalue weighted by Crippen LogP contribution is 2.51. The summed E-state index contributed by atoms with van der Waals surface area (Å²) in [6.07, 6.45) is 10.4. The van der Waals surface area contributed by atoms with E-state index in [1.165, 1.54) is 50.4 Å². The van der Waals surface area contributed by atoms with Crippen LogP contribution >= 0.6 is 0 Å². The van der Waals surface area contributed by atoms with Crippen LogP contribution in [-0.2, 0) is 0 Å². The van der Waals surface area contributed by atoms with Crippen molar-refractivity contribution in [3.8, 4) is 0 Å². The first kappa shape index (κ1) is 14.4. The van der Waals surface area contributed by atoms with Gasteiger partial charge in [0.15, 0.2) is 0 Å². The van der Waals surface area contributed by atoms with E-state index in [1.54, 1.807) is 0 Å². The summed E-state index contributed by atoms with van der Waals surface area (Å²) in [6.45, 7) is 15.3. The van der Waals surface area contributed by atoms with Gasteiger partial charge in [-0.2, -0.15) is 0 Å². The highest BCUT2D eigenvalue weighted by atomic mass is 28.3. The van der Waals surface area contributed by atoms with Gasteiger partial charge in [-0.15, -0.1) is 6.58 Å². The minimum Gasteiger partial charge on any atom is -0.101 e. The van der Waals surface area contributed by atoms with Gasteiger partial charge < -0.3 is 0 Å². The highest BCUT2D eigenvalue weighted by molar-refractivity contribution is 6.90. The van der Waals surface area contributed by atoms with Crippen LogP contribution in [0.2, 0.25) is 37.2 Å². The molecule has 2 rings (SSSR count). The lowest BCUT2D eigenvalue weighted by molar-refractivity contribution is 0.411. The summed E-state index contributed by atoms with van der Waals surface area (Å²) in [5.74, 6) is 2.07. The molecule has 0 amide bonds. The first-order valence-corrected chi connectivity index (χ1v) is 11.6. The molecule has 0 aromatic carbocycles. The fourth-order valence-corrected chi connectivity index (χ4v) is 8.47. The fourth-order valence-electron chi connectivity index (χ4n) is 5.05. The average molecular weight is 262 g/mol. The highest BCUT2D eigenvalue weighted by Gasteiger charge is 2.46. The maximum absolute atomic E-state index is 4.23. The summed E-state index contributed by atoms with van der Waals surface area (Å²) in [7, 11) is -1.05. The minimum atomic E-state index is -1.05. The summed E-state index contributed by atoms with van der Waals surface area (Å²) in [5.41, 5.74) is 2.49. The Labute approximate surface area is 116 Å². The molecule has 2 fully saturated rings. The van der Waals surface area contributed by atoms with Crippen molar-refractivity contribution in [3.63, 3.8) is 0 Å². The minimum absolute atomic E-state index is 0.976. The van der Waals surface area contributed by atoms with E-state index in [9.17, 15) is 0 Å². The van der Waals surface area contributed by atoms with Crippen LogP contribution in [0.4, 0.5) is 0 Å². The predicted molar refractivity (Wildman–Crippen MR) is 87.4 cm³/mol. The molecule has 2 aliphatic heterocycles. The zero-order valence-corrected chi connectivity index (χ0v) is 14.0. The molecule has 2 heterocycles. The van der Waals surface area contributed by atoms with Crippen molar-refractivity contribution in [2.75, 3.05) is 0 Å². The molecule has 2 aliphatic rings. The van der Waals surface area contributed by atoms with E-state index in [1.807, 2.05) is 0 Å². The van der Waals surface area contributed by atoms with E-state index in [-0.39, 0.29) is 0 Å². The molecule has 0 aliphatic carbocycles. The van der Waals surface area contributed by atoms with E-state index in [2.05, 4.69) is 33.1 Å². The molecule has 1 unspecified atom stereocenters. The van der Waals surface area contributed by atoms with Crippen LogP contribution in [0.25, 0.3) is 0 Å². The van der Waals surface area contributed by atoms with Gasteiger partial charge in [0.1, 0.15) is 6.71 Å². The van der Waals surface area contributed by atoms with Crippen LogP contribution in [-0.4, -0.2) is 14.8 Å². The van der Waals surface area contributed by atoms with Crippen molar-refractivity contribution < 1.29 is 0 Å². The lowest BCUT2D eigenvalue weighted by Gasteiger charge is -2.39. The number of rotatable bonds is 3. The Morgan fingerprint density at radius 2 is 1.67 bits per heavy atom. The van der Waals surface area contributed by atoms with Crippen LogP contribution in [0.3, 0.4) is 0 Å².